The van der Waals surface area contributed by atoms with E-state index in [4.69, 9.17) is 4.74 Å². The number of nitrogens with zero attached hydrogens (tertiary/aromatic N) is 2. The molecule has 2 saturated heterocycles. The Kier molecular flexibility index (Phi) is 2.86. The number of fused-ring (bicyclic) bond motifs is 1. The van der Waals surface area contributed by atoms with Crippen LogP contribution < -0.4 is 0 Å². The minimum atomic E-state index is -0.388. The van der Waals surface area contributed by atoms with Gasteiger partial charge in [-0.25, -0.2) is 4.79 Å². The Hall–Kier alpha value is -0.770. The van der Waals surface area contributed by atoms with E-state index in [1.807, 2.05) is 25.7 Å². The molecule has 0 aromatic carbocycles. The maximum atomic E-state index is 11.9. The van der Waals surface area contributed by atoms with E-state index in [0.29, 0.717) is 12.0 Å². The Bertz CT molecular complexity index is 285. The lowest BCUT2D eigenvalue weighted by Gasteiger charge is -2.25. The third kappa shape index (κ3) is 2.32. The first-order valence-corrected chi connectivity index (χ1v) is 6.05. The molecule has 0 N–H and O–H groups in total. The molecule has 2 rings (SSSR count). The van der Waals surface area contributed by atoms with E-state index in [0.717, 1.165) is 19.6 Å². The molecule has 2 aliphatic rings. The molecule has 2 heterocycles. The summed E-state index contributed by atoms with van der Waals surface area (Å²) in [6.45, 7) is 8.59. The molecule has 2 atom stereocenters. The Balaban J connectivity index is 1.92. The fraction of sp³-hybridized carbons (Fsp3) is 0.917. The van der Waals surface area contributed by atoms with E-state index < -0.39 is 0 Å². The summed E-state index contributed by atoms with van der Waals surface area (Å²) in [7, 11) is 2.14. The van der Waals surface area contributed by atoms with Crippen LogP contribution in [0.4, 0.5) is 4.79 Å². The van der Waals surface area contributed by atoms with Crippen LogP contribution in [0.2, 0.25) is 0 Å². The van der Waals surface area contributed by atoms with Crippen LogP contribution in [0.3, 0.4) is 0 Å². The number of ether oxygens (including phenoxy) is 1. The van der Waals surface area contributed by atoms with Gasteiger partial charge in [-0.2, -0.15) is 0 Å². The normalized spacial score (nSPS) is 30.6. The molecule has 0 unspecified atom stereocenters. The molecule has 0 aliphatic carbocycles. The predicted molar refractivity (Wildman–Crippen MR) is 62.3 cm³/mol. The van der Waals surface area contributed by atoms with Gasteiger partial charge in [0.05, 0.1) is 0 Å². The fourth-order valence-corrected chi connectivity index (χ4v) is 2.65. The van der Waals surface area contributed by atoms with E-state index >= 15 is 0 Å². The Morgan fingerprint density at radius 3 is 2.56 bits per heavy atom. The third-order valence-electron chi connectivity index (χ3n) is 3.48. The van der Waals surface area contributed by atoms with Crippen LogP contribution in [-0.4, -0.2) is 54.2 Å². The molecule has 16 heavy (non-hydrogen) atoms. The van der Waals surface area contributed by atoms with Crippen molar-refractivity contribution in [3.8, 4) is 0 Å². The van der Waals surface area contributed by atoms with E-state index in [9.17, 15) is 4.79 Å². The van der Waals surface area contributed by atoms with Crippen molar-refractivity contribution in [2.75, 3.05) is 26.7 Å². The minimum absolute atomic E-state index is 0.157. The minimum Gasteiger partial charge on any atom is -0.444 e. The summed E-state index contributed by atoms with van der Waals surface area (Å²) in [5.41, 5.74) is -0.388. The summed E-state index contributed by atoms with van der Waals surface area (Å²) in [5, 5.41) is 0. The third-order valence-corrected chi connectivity index (χ3v) is 3.48. The monoisotopic (exact) mass is 226 g/mol. The van der Waals surface area contributed by atoms with E-state index in [1.165, 1.54) is 6.42 Å². The molecule has 0 aromatic heterocycles. The first kappa shape index (κ1) is 11.7. The zero-order chi connectivity index (χ0) is 11.9. The van der Waals surface area contributed by atoms with Crippen LogP contribution in [0, 0.1) is 5.92 Å². The number of likely N-dealkylation sites (tertiary alicyclic amines) is 2. The molecule has 4 heteroatoms. The molecule has 0 bridgehead atoms. The first-order chi connectivity index (χ1) is 7.37. The van der Waals surface area contributed by atoms with Crippen molar-refractivity contribution in [3.05, 3.63) is 0 Å². The van der Waals surface area contributed by atoms with E-state index in [1.54, 1.807) is 0 Å². The molecule has 2 aliphatic heterocycles. The van der Waals surface area contributed by atoms with Gasteiger partial charge >= 0.3 is 6.09 Å². The van der Waals surface area contributed by atoms with Crippen LogP contribution in [0.25, 0.3) is 0 Å². The largest absolute Gasteiger partial charge is 0.444 e. The van der Waals surface area contributed by atoms with E-state index in [-0.39, 0.29) is 11.7 Å². The van der Waals surface area contributed by atoms with Gasteiger partial charge in [-0.05, 0) is 46.7 Å². The molecular formula is C12H22N2O2. The quantitative estimate of drug-likeness (QED) is 0.628. The summed E-state index contributed by atoms with van der Waals surface area (Å²) in [4.78, 5) is 16.1. The maximum Gasteiger partial charge on any atom is 0.410 e. The van der Waals surface area contributed by atoms with Crippen molar-refractivity contribution in [3.63, 3.8) is 0 Å². The van der Waals surface area contributed by atoms with Gasteiger partial charge < -0.3 is 14.5 Å². The Morgan fingerprint density at radius 1 is 1.31 bits per heavy atom. The highest BCUT2D eigenvalue weighted by Gasteiger charge is 2.42. The van der Waals surface area contributed by atoms with Gasteiger partial charge in [-0.3, -0.25) is 0 Å². The zero-order valence-electron chi connectivity index (χ0n) is 10.7. The van der Waals surface area contributed by atoms with Crippen molar-refractivity contribution in [1.29, 1.82) is 0 Å². The number of hydrogen-bond donors (Lipinski definition) is 0. The Morgan fingerprint density at radius 2 is 2.00 bits per heavy atom. The molecule has 0 saturated carbocycles. The van der Waals surface area contributed by atoms with Gasteiger partial charge in [-0.15, -0.1) is 0 Å². The molecule has 0 radical (unpaired) electrons. The molecule has 92 valence electrons. The summed E-state index contributed by atoms with van der Waals surface area (Å²) in [6.07, 6.45) is 1.05. The maximum absolute atomic E-state index is 11.9. The number of rotatable bonds is 0. The second-order valence-electron chi connectivity index (χ2n) is 5.98. The average Bonchev–Trinajstić information content (AvgIpc) is 2.65. The second-order valence-corrected chi connectivity index (χ2v) is 5.98. The van der Waals surface area contributed by atoms with Gasteiger partial charge in [0, 0.05) is 19.1 Å². The summed E-state index contributed by atoms with van der Waals surface area (Å²) >= 11 is 0. The van der Waals surface area contributed by atoms with Crippen molar-refractivity contribution in [1.82, 2.24) is 9.80 Å². The molecule has 0 aromatic rings. The second kappa shape index (κ2) is 3.91. The summed E-state index contributed by atoms with van der Waals surface area (Å²) in [6, 6.07) is 0.549. The topological polar surface area (TPSA) is 32.8 Å². The van der Waals surface area contributed by atoms with Gasteiger partial charge in [0.1, 0.15) is 5.60 Å². The lowest BCUT2D eigenvalue weighted by Crippen LogP contribution is -2.38. The molecule has 1 amide bonds. The molecular weight excluding hydrogens is 204 g/mol. The fourth-order valence-electron chi connectivity index (χ4n) is 2.65. The van der Waals surface area contributed by atoms with E-state index in [2.05, 4.69) is 11.9 Å². The highest BCUT2D eigenvalue weighted by Crippen LogP contribution is 2.30. The van der Waals surface area contributed by atoms with Crippen molar-refractivity contribution in [2.24, 2.45) is 5.92 Å². The number of likely N-dealkylation sites (N-methyl/N-ethyl adjacent to an activating group) is 1. The smallest absolute Gasteiger partial charge is 0.410 e. The SMILES string of the molecule is CN1CC[C@H]2CN(C(=O)OC(C)(C)C)C[C@H]21. The standard InChI is InChI=1S/C12H22N2O2/c1-12(2,3)16-11(15)14-7-9-5-6-13(4)10(9)8-14/h9-10H,5-8H2,1-4H3/t9-,10+/m0/s1. The number of hydrogen-bond acceptors (Lipinski definition) is 3. The van der Waals surface area contributed by atoms with Crippen LogP contribution in [-0.2, 0) is 4.74 Å². The number of amides is 1. The van der Waals surface area contributed by atoms with Crippen LogP contribution in [0.1, 0.15) is 27.2 Å². The van der Waals surface area contributed by atoms with Crippen molar-refractivity contribution < 1.29 is 9.53 Å². The first-order valence-electron chi connectivity index (χ1n) is 6.05. The molecule has 2 fully saturated rings. The van der Waals surface area contributed by atoms with Crippen molar-refractivity contribution >= 4 is 6.09 Å². The highest BCUT2D eigenvalue weighted by atomic mass is 16.6. The highest BCUT2D eigenvalue weighted by molar-refractivity contribution is 5.68. The summed E-state index contributed by atoms with van der Waals surface area (Å²) in [5.74, 6) is 0.650. The number of carbonyl (C=O) groups is 1. The lowest BCUT2D eigenvalue weighted by atomic mass is 10.1. The van der Waals surface area contributed by atoms with Gasteiger partial charge in [0.2, 0.25) is 0 Å². The van der Waals surface area contributed by atoms with Gasteiger partial charge in [-0.1, -0.05) is 0 Å². The summed E-state index contributed by atoms with van der Waals surface area (Å²) < 4.78 is 5.39. The van der Waals surface area contributed by atoms with Crippen LogP contribution in [0.15, 0.2) is 0 Å². The lowest BCUT2D eigenvalue weighted by molar-refractivity contribution is 0.0275. The predicted octanol–water partition coefficient (Wildman–Crippen LogP) is 1.56. The van der Waals surface area contributed by atoms with Gasteiger partial charge in [0.15, 0.2) is 0 Å². The average molecular weight is 226 g/mol. The van der Waals surface area contributed by atoms with Crippen molar-refractivity contribution in [2.45, 2.75) is 38.8 Å². The van der Waals surface area contributed by atoms with Crippen LogP contribution >= 0.6 is 0 Å². The molecule has 4 nitrogen and oxygen atoms in total. The molecule has 0 spiro atoms. The van der Waals surface area contributed by atoms with Crippen LogP contribution in [0.5, 0.6) is 0 Å². The number of carbonyl (C=O) groups excluding carboxylic acids is 1. The Labute approximate surface area is 97.5 Å². The van der Waals surface area contributed by atoms with Gasteiger partial charge in [0.25, 0.3) is 0 Å². The zero-order valence-corrected chi connectivity index (χ0v) is 10.7.